The van der Waals surface area contributed by atoms with Gasteiger partial charge in [-0.1, -0.05) is 19.8 Å². The van der Waals surface area contributed by atoms with Gasteiger partial charge in [0.2, 0.25) is 0 Å². The van der Waals surface area contributed by atoms with Crippen LogP contribution in [0.4, 0.5) is 0 Å². The Morgan fingerprint density at radius 3 is 2.69 bits per heavy atom. The lowest BCUT2D eigenvalue weighted by molar-refractivity contribution is -0.172. The average molecular weight is 229 g/mol. The second kappa shape index (κ2) is 7.63. The van der Waals surface area contributed by atoms with Gasteiger partial charge < -0.3 is 15.2 Å². The van der Waals surface area contributed by atoms with Gasteiger partial charge >= 0.3 is 5.97 Å². The Kier molecular flexibility index (Phi) is 6.42. The van der Waals surface area contributed by atoms with E-state index in [2.05, 4.69) is 6.92 Å². The Hall–Kier alpha value is -0.610. The van der Waals surface area contributed by atoms with Crippen LogP contribution in [-0.4, -0.2) is 31.8 Å². The van der Waals surface area contributed by atoms with Crippen molar-refractivity contribution >= 4 is 5.97 Å². The fraction of sp³-hybridized carbons (Fsp3) is 0.917. The Morgan fingerprint density at radius 2 is 2.19 bits per heavy atom. The van der Waals surface area contributed by atoms with Crippen LogP contribution in [-0.2, 0) is 14.3 Å². The Labute approximate surface area is 97.5 Å². The minimum Gasteiger partial charge on any atom is -0.457 e. The third-order valence-electron chi connectivity index (χ3n) is 2.93. The SMILES string of the molecule is CCCC(CCN)CCC(=O)OC1COC1. The molecule has 16 heavy (non-hydrogen) atoms. The van der Waals surface area contributed by atoms with Gasteiger partial charge in [0.25, 0.3) is 0 Å². The predicted molar refractivity (Wildman–Crippen MR) is 62.0 cm³/mol. The number of hydrogen-bond donors (Lipinski definition) is 1. The van der Waals surface area contributed by atoms with E-state index in [0.29, 0.717) is 32.1 Å². The zero-order valence-electron chi connectivity index (χ0n) is 10.1. The van der Waals surface area contributed by atoms with E-state index in [1.54, 1.807) is 0 Å². The lowest BCUT2D eigenvalue weighted by Gasteiger charge is -2.26. The van der Waals surface area contributed by atoms with Crippen molar-refractivity contribution < 1.29 is 14.3 Å². The Balaban J connectivity index is 2.11. The molecule has 0 saturated carbocycles. The topological polar surface area (TPSA) is 61.6 Å². The first kappa shape index (κ1) is 13.5. The summed E-state index contributed by atoms with van der Waals surface area (Å²) in [7, 11) is 0. The molecule has 1 saturated heterocycles. The van der Waals surface area contributed by atoms with E-state index in [-0.39, 0.29) is 12.1 Å². The third kappa shape index (κ3) is 4.94. The van der Waals surface area contributed by atoms with Crippen LogP contribution in [0, 0.1) is 5.92 Å². The van der Waals surface area contributed by atoms with E-state index >= 15 is 0 Å². The smallest absolute Gasteiger partial charge is 0.306 e. The molecule has 0 aliphatic carbocycles. The van der Waals surface area contributed by atoms with Crippen molar-refractivity contribution in [3.8, 4) is 0 Å². The normalized spacial score (nSPS) is 17.9. The van der Waals surface area contributed by atoms with Crippen LogP contribution < -0.4 is 5.73 Å². The lowest BCUT2D eigenvalue weighted by Crippen LogP contribution is -2.37. The van der Waals surface area contributed by atoms with Crippen molar-refractivity contribution in [2.45, 2.75) is 45.1 Å². The standard InChI is InChI=1S/C12H23NO3/c1-2-3-10(6-7-13)4-5-12(14)16-11-8-15-9-11/h10-11H,2-9,13H2,1H3. The summed E-state index contributed by atoms with van der Waals surface area (Å²) < 4.78 is 10.1. The fourth-order valence-corrected chi connectivity index (χ4v) is 1.93. The summed E-state index contributed by atoms with van der Waals surface area (Å²) >= 11 is 0. The van der Waals surface area contributed by atoms with E-state index in [1.165, 1.54) is 0 Å². The van der Waals surface area contributed by atoms with Gasteiger partial charge in [0.15, 0.2) is 0 Å². The summed E-state index contributed by atoms with van der Waals surface area (Å²) in [4.78, 5) is 11.5. The summed E-state index contributed by atoms with van der Waals surface area (Å²) in [5.74, 6) is 0.478. The van der Waals surface area contributed by atoms with Crippen LogP contribution in [0.15, 0.2) is 0 Å². The quantitative estimate of drug-likeness (QED) is 0.640. The highest BCUT2D eigenvalue weighted by atomic mass is 16.6. The van der Waals surface area contributed by atoms with Crippen LogP contribution in [0.2, 0.25) is 0 Å². The summed E-state index contributed by atoms with van der Waals surface area (Å²) in [5.41, 5.74) is 5.54. The highest BCUT2D eigenvalue weighted by Gasteiger charge is 2.22. The van der Waals surface area contributed by atoms with Crippen molar-refractivity contribution in [1.29, 1.82) is 0 Å². The zero-order chi connectivity index (χ0) is 11.8. The molecule has 1 rings (SSSR count). The van der Waals surface area contributed by atoms with Crippen molar-refractivity contribution in [3.63, 3.8) is 0 Å². The molecular weight excluding hydrogens is 206 g/mol. The molecule has 0 bridgehead atoms. The third-order valence-corrected chi connectivity index (χ3v) is 2.93. The number of carbonyl (C=O) groups excluding carboxylic acids is 1. The number of carbonyl (C=O) groups is 1. The molecule has 1 aliphatic heterocycles. The first-order valence-electron chi connectivity index (χ1n) is 6.23. The minimum absolute atomic E-state index is 0.00614. The molecule has 0 spiro atoms. The Bertz CT molecular complexity index is 198. The largest absolute Gasteiger partial charge is 0.457 e. The van der Waals surface area contributed by atoms with Crippen molar-refractivity contribution in [3.05, 3.63) is 0 Å². The molecule has 0 amide bonds. The van der Waals surface area contributed by atoms with Gasteiger partial charge in [-0.2, -0.15) is 0 Å². The zero-order valence-corrected chi connectivity index (χ0v) is 10.1. The average Bonchev–Trinajstić information content (AvgIpc) is 2.21. The lowest BCUT2D eigenvalue weighted by atomic mass is 9.94. The number of esters is 1. The van der Waals surface area contributed by atoms with Gasteiger partial charge in [0.1, 0.15) is 6.10 Å². The van der Waals surface area contributed by atoms with E-state index in [1.807, 2.05) is 0 Å². The van der Waals surface area contributed by atoms with Crippen molar-refractivity contribution in [1.82, 2.24) is 0 Å². The highest BCUT2D eigenvalue weighted by molar-refractivity contribution is 5.69. The molecule has 94 valence electrons. The molecule has 1 unspecified atom stereocenters. The maximum Gasteiger partial charge on any atom is 0.306 e. The minimum atomic E-state index is -0.0913. The molecule has 1 heterocycles. The van der Waals surface area contributed by atoms with Crippen LogP contribution in [0.25, 0.3) is 0 Å². The maximum atomic E-state index is 11.5. The second-order valence-electron chi connectivity index (χ2n) is 4.42. The number of hydrogen-bond acceptors (Lipinski definition) is 4. The summed E-state index contributed by atoms with van der Waals surface area (Å²) in [6.07, 6.45) is 4.73. The van der Waals surface area contributed by atoms with Crippen LogP contribution in [0.3, 0.4) is 0 Å². The molecule has 0 aromatic carbocycles. The molecule has 4 nitrogen and oxygen atoms in total. The monoisotopic (exact) mass is 229 g/mol. The van der Waals surface area contributed by atoms with Gasteiger partial charge in [-0.05, 0) is 25.3 Å². The fourth-order valence-electron chi connectivity index (χ4n) is 1.93. The summed E-state index contributed by atoms with van der Waals surface area (Å²) in [5, 5.41) is 0. The van der Waals surface area contributed by atoms with E-state index in [4.69, 9.17) is 15.2 Å². The molecule has 4 heteroatoms. The molecule has 1 aliphatic rings. The first-order valence-corrected chi connectivity index (χ1v) is 6.23. The van der Waals surface area contributed by atoms with E-state index in [0.717, 1.165) is 25.7 Å². The summed E-state index contributed by atoms with van der Waals surface area (Å²) in [6, 6.07) is 0. The maximum absolute atomic E-state index is 11.5. The predicted octanol–water partition coefficient (Wildman–Crippen LogP) is 1.47. The van der Waals surface area contributed by atoms with Gasteiger partial charge in [-0.25, -0.2) is 0 Å². The van der Waals surface area contributed by atoms with Crippen LogP contribution >= 0.6 is 0 Å². The molecule has 0 aromatic heterocycles. The highest BCUT2D eigenvalue weighted by Crippen LogP contribution is 2.18. The molecule has 1 fully saturated rings. The van der Waals surface area contributed by atoms with Crippen molar-refractivity contribution in [2.75, 3.05) is 19.8 Å². The van der Waals surface area contributed by atoms with E-state index in [9.17, 15) is 4.79 Å². The molecule has 1 atom stereocenters. The van der Waals surface area contributed by atoms with Crippen molar-refractivity contribution in [2.24, 2.45) is 11.7 Å². The molecular formula is C12H23NO3. The number of ether oxygens (including phenoxy) is 2. The van der Waals surface area contributed by atoms with Gasteiger partial charge in [0.05, 0.1) is 13.2 Å². The molecule has 0 aromatic rings. The van der Waals surface area contributed by atoms with Gasteiger partial charge in [-0.3, -0.25) is 4.79 Å². The van der Waals surface area contributed by atoms with Crippen LogP contribution in [0.5, 0.6) is 0 Å². The number of rotatable bonds is 8. The second-order valence-corrected chi connectivity index (χ2v) is 4.42. The van der Waals surface area contributed by atoms with Gasteiger partial charge in [0, 0.05) is 6.42 Å². The van der Waals surface area contributed by atoms with E-state index < -0.39 is 0 Å². The molecule has 2 N–H and O–H groups in total. The van der Waals surface area contributed by atoms with Gasteiger partial charge in [-0.15, -0.1) is 0 Å². The number of nitrogens with two attached hydrogens (primary N) is 1. The first-order chi connectivity index (χ1) is 7.76. The van der Waals surface area contributed by atoms with Crippen LogP contribution in [0.1, 0.15) is 39.0 Å². The summed E-state index contributed by atoms with van der Waals surface area (Å²) in [6.45, 7) is 3.99. The Morgan fingerprint density at radius 1 is 1.44 bits per heavy atom. The molecule has 0 radical (unpaired) electrons.